The van der Waals surface area contributed by atoms with Crippen molar-refractivity contribution in [3.63, 3.8) is 0 Å². The maximum absolute atomic E-state index is 12.2. The number of aromatic nitrogens is 1. The highest BCUT2D eigenvalue weighted by molar-refractivity contribution is 6.33. The first-order chi connectivity index (χ1) is 10.6. The normalized spacial score (nSPS) is 19.5. The zero-order chi connectivity index (χ0) is 15.7. The molecule has 0 aliphatic heterocycles. The molecule has 1 aromatic heterocycles. The van der Waals surface area contributed by atoms with E-state index in [0.29, 0.717) is 0 Å². The summed E-state index contributed by atoms with van der Waals surface area (Å²) < 4.78 is 0. The number of rotatable bonds is 4. The number of hydrogen-bond acceptors (Lipinski definition) is 3. The minimum absolute atomic E-state index is 0.0731. The van der Waals surface area contributed by atoms with Crippen LogP contribution in [0.2, 0.25) is 5.02 Å². The number of benzene rings is 1. The Kier molecular flexibility index (Phi) is 3.81. The van der Waals surface area contributed by atoms with Crippen molar-refractivity contribution in [3.05, 3.63) is 58.7 Å². The van der Waals surface area contributed by atoms with E-state index in [2.05, 4.69) is 10.3 Å². The number of carbonyl (C=O) groups is 2. The summed E-state index contributed by atoms with van der Waals surface area (Å²) in [6, 6.07) is 11.3. The predicted octanol–water partition coefficient (Wildman–Crippen LogP) is 2.58. The highest BCUT2D eigenvalue weighted by atomic mass is 35.5. The second-order valence-corrected chi connectivity index (χ2v) is 5.67. The average molecular weight is 316 g/mol. The van der Waals surface area contributed by atoms with Crippen molar-refractivity contribution >= 4 is 29.2 Å². The third-order valence-corrected chi connectivity index (χ3v) is 4.01. The average Bonchev–Trinajstić information content (AvgIpc) is 3.30. The van der Waals surface area contributed by atoms with Crippen LogP contribution in [-0.4, -0.2) is 16.8 Å². The molecule has 2 aromatic rings. The van der Waals surface area contributed by atoms with Gasteiger partial charge in [0.25, 0.3) is 0 Å². The van der Waals surface area contributed by atoms with Crippen molar-refractivity contribution in [2.24, 2.45) is 11.7 Å². The molecule has 22 heavy (non-hydrogen) atoms. The fourth-order valence-corrected chi connectivity index (χ4v) is 2.64. The van der Waals surface area contributed by atoms with Crippen LogP contribution in [0.25, 0.3) is 0 Å². The Morgan fingerprint density at radius 3 is 2.64 bits per heavy atom. The van der Waals surface area contributed by atoms with Crippen LogP contribution in [0.15, 0.2) is 42.6 Å². The summed E-state index contributed by atoms with van der Waals surface area (Å²) in [5.74, 6) is -0.315. The molecule has 0 radical (unpaired) electrons. The second kappa shape index (κ2) is 5.77. The second-order valence-electron chi connectivity index (χ2n) is 5.27. The van der Waals surface area contributed by atoms with Crippen molar-refractivity contribution in [1.29, 1.82) is 0 Å². The number of nitrogens with two attached hydrogens (primary N) is 1. The maximum Gasteiger partial charge on any atom is 0.250 e. The maximum atomic E-state index is 12.2. The summed E-state index contributed by atoms with van der Waals surface area (Å²) in [7, 11) is 0. The molecule has 1 aromatic carbocycles. The van der Waals surface area contributed by atoms with Gasteiger partial charge in [0.1, 0.15) is 0 Å². The molecule has 1 saturated carbocycles. The number of anilines is 1. The summed E-state index contributed by atoms with van der Waals surface area (Å²) in [5, 5.41) is 2.90. The van der Waals surface area contributed by atoms with E-state index in [9.17, 15) is 9.59 Å². The van der Waals surface area contributed by atoms with Crippen LogP contribution in [0.3, 0.4) is 0 Å². The van der Waals surface area contributed by atoms with E-state index in [0.717, 1.165) is 12.0 Å². The van der Waals surface area contributed by atoms with E-state index < -0.39 is 5.91 Å². The summed E-state index contributed by atoms with van der Waals surface area (Å²) in [5.41, 5.74) is 6.51. The van der Waals surface area contributed by atoms with Crippen molar-refractivity contribution in [2.45, 2.75) is 12.3 Å². The van der Waals surface area contributed by atoms with Crippen LogP contribution < -0.4 is 11.1 Å². The number of pyridine rings is 1. The van der Waals surface area contributed by atoms with E-state index in [1.165, 1.54) is 12.3 Å². The first kappa shape index (κ1) is 14.5. The highest BCUT2D eigenvalue weighted by Gasteiger charge is 2.44. The van der Waals surface area contributed by atoms with Crippen LogP contribution in [0.1, 0.15) is 28.3 Å². The largest absolute Gasteiger partial charge is 0.366 e. The molecular weight excluding hydrogens is 302 g/mol. The van der Waals surface area contributed by atoms with Gasteiger partial charge in [-0.3, -0.25) is 9.59 Å². The number of carbonyl (C=O) groups excluding carboxylic acids is 2. The van der Waals surface area contributed by atoms with E-state index in [-0.39, 0.29) is 34.1 Å². The molecule has 3 rings (SSSR count). The van der Waals surface area contributed by atoms with E-state index in [4.69, 9.17) is 17.3 Å². The Morgan fingerprint density at radius 1 is 1.27 bits per heavy atom. The topological polar surface area (TPSA) is 85.1 Å². The lowest BCUT2D eigenvalue weighted by Gasteiger charge is -2.07. The minimum Gasteiger partial charge on any atom is -0.366 e. The standard InChI is InChI=1S/C16H14ClN3O2/c17-13-6-10(14(18)21)8-19-15(13)20-16(22)12-7-11(12)9-4-2-1-3-5-9/h1-6,8,11-12H,7H2,(H2,18,21)(H,19,20,22)/t11-,12-/m1/s1. The number of primary amides is 1. The number of nitrogens with one attached hydrogen (secondary N) is 1. The molecule has 2 amide bonds. The lowest BCUT2D eigenvalue weighted by Crippen LogP contribution is -2.17. The number of halogens is 1. The molecule has 1 fully saturated rings. The Labute approximate surface area is 132 Å². The van der Waals surface area contributed by atoms with Crippen molar-refractivity contribution in [1.82, 2.24) is 4.98 Å². The first-order valence-electron chi connectivity index (χ1n) is 6.87. The van der Waals surface area contributed by atoms with Gasteiger partial charge in [-0.05, 0) is 24.0 Å². The molecule has 0 unspecified atom stereocenters. The molecular formula is C16H14ClN3O2. The Morgan fingerprint density at radius 2 is 2.00 bits per heavy atom. The van der Waals surface area contributed by atoms with Crippen molar-refractivity contribution in [2.75, 3.05) is 5.32 Å². The molecule has 0 saturated heterocycles. The quantitative estimate of drug-likeness (QED) is 0.909. The molecule has 5 nitrogen and oxygen atoms in total. The molecule has 3 N–H and O–H groups in total. The van der Waals surface area contributed by atoms with Crippen molar-refractivity contribution in [3.8, 4) is 0 Å². The lowest BCUT2D eigenvalue weighted by atomic mass is 10.1. The highest BCUT2D eigenvalue weighted by Crippen LogP contribution is 2.47. The monoisotopic (exact) mass is 315 g/mol. The Balaban J connectivity index is 1.67. The summed E-state index contributed by atoms with van der Waals surface area (Å²) >= 11 is 6.01. The number of nitrogens with zero attached hydrogens (tertiary/aromatic N) is 1. The SMILES string of the molecule is NC(=O)c1cnc(NC(=O)[C@@H]2C[C@@H]2c2ccccc2)c(Cl)c1. The third-order valence-electron chi connectivity index (χ3n) is 3.72. The zero-order valence-corrected chi connectivity index (χ0v) is 12.4. The molecule has 1 heterocycles. The molecule has 112 valence electrons. The lowest BCUT2D eigenvalue weighted by molar-refractivity contribution is -0.117. The third kappa shape index (κ3) is 2.94. The summed E-state index contributed by atoms with van der Waals surface area (Å²) in [4.78, 5) is 27.3. The molecule has 6 heteroatoms. The molecule has 0 spiro atoms. The van der Waals surface area contributed by atoms with Crippen LogP contribution in [-0.2, 0) is 4.79 Å². The Hall–Kier alpha value is -2.40. The number of amides is 2. The van der Waals surface area contributed by atoms with Gasteiger partial charge >= 0.3 is 0 Å². The first-order valence-corrected chi connectivity index (χ1v) is 7.25. The summed E-state index contributed by atoms with van der Waals surface area (Å²) in [6.45, 7) is 0. The summed E-state index contributed by atoms with van der Waals surface area (Å²) in [6.07, 6.45) is 2.11. The van der Waals surface area contributed by atoms with Gasteiger partial charge in [0.05, 0.1) is 10.6 Å². The van der Waals surface area contributed by atoms with E-state index in [1.807, 2.05) is 30.3 Å². The van der Waals surface area contributed by atoms with Gasteiger partial charge in [-0.2, -0.15) is 0 Å². The van der Waals surface area contributed by atoms with Gasteiger partial charge in [0.2, 0.25) is 11.8 Å². The fraction of sp³-hybridized carbons (Fsp3) is 0.188. The van der Waals surface area contributed by atoms with Gasteiger partial charge < -0.3 is 11.1 Å². The van der Waals surface area contributed by atoms with Gasteiger partial charge in [-0.25, -0.2) is 4.98 Å². The fourth-order valence-electron chi connectivity index (χ4n) is 2.43. The molecule has 1 aliphatic carbocycles. The molecule has 1 aliphatic rings. The Bertz CT molecular complexity index is 733. The number of hydrogen-bond donors (Lipinski definition) is 2. The smallest absolute Gasteiger partial charge is 0.250 e. The van der Waals surface area contributed by atoms with Crippen molar-refractivity contribution < 1.29 is 9.59 Å². The van der Waals surface area contributed by atoms with Gasteiger partial charge in [-0.15, -0.1) is 0 Å². The van der Waals surface area contributed by atoms with Crippen LogP contribution in [0.5, 0.6) is 0 Å². The molecule has 2 atom stereocenters. The van der Waals surface area contributed by atoms with Crippen LogP contribution >= 0.6 is 11.6 Å². The van der Waals surface area contributed by atoms with Crippen LogP contribution in [0, 0.1) is 5.92 Å². The minimum atomic E-state index is -0.612. The van der Waals surface area contributed by atoms with E-state index >= 15 is 0 Å². The van der Waals surface area contributed by atoms with Gasteiger partial charge in [0, 0.05) is 12.1 Å². The van der Waals surface area contributed by atoms with Crippen LogP contribution in [0.4, 0.5) is 5.82 Å². The van der Waals surface area contributed by atoms with Gasteiger partial charge in [-0.1, -0.05) is 41.9 Å². The van der Waals surface area contributed by atoms with Gasteiger partial charge in [0.15, 0.2) is 5.82 Å². The van der Waals surface area contributed by atoms with E-state index in [1.54, 1.807) is 0 Å². The zero-order valence-electron chi connectivity index (χ0n) is 11.6. The molecule has 0 bridgehead atoms. The predicted molar refractivity (Wildman–Crippen MR) is 83.7 cm³/mol.